The van der Waals surface area contributed by atoms with Crippen LogP contribution in [0.15, 0.2) is 23.2 Å². The van der Waals surface area contributed by atoms with Crippen LogP contribution in [0.5, 0.6) is 11.5 Å². The van der Waals surface area contributed by atoms with Crippen LogP contribution in [0.25, 0.3) is 0 Å². The number of ether oxygens (including phenoxy) is 2. The molecule has 1 aromatic rings. The molecule has 0 atom stereocenters. The molecule has 0 bridgehead atoms. The van der Waals surface area contributed by atoms with E-state index in [-0.39, 0.29) is 0 Å². The molecule has 0 saturated carbocycles. The molecule has 86 valence electrons. The normalized spacial score (nSPS) is 14.8. The zero-order valence-corrected chi connectivity index (χ0v) is 9.82. The topological polar surface area (TPSA) is 30.8 Å². The zero-order chi connectivity index (χ0) is 11.4. The average molecular weight is 219 g/mol. The van der Waals surface area contributed by atoms with Crippen molar-refractivity contribution >= 4 is 5.71 Å². The summed E-state index contributed by atoms with van der Waals surface area (Å²) in [6.07, 6.45) is 3.26. The van der Waals surface area contributed by atoms with E-state index in [0.717, 1.165) is 30.9 Å². The first kappa shape index (κ1) is 11.0. The monoisotopic (exact) mass is 219 g/mol. The fourth-order valence-electron chi connectivity index (χ4n) is 1.97. The van der Waals surface area contributed by atoms with E-state index in [1.54, 1.807) is 14.2 Å². The number of hydrogen-bond acceptors (Lipinski definition) is 3. The van der Waals surface area contributed by atoms with Gasteiger partial charge in [0.1, 0.15) is 0 Å². The van der Waals surface area contributed by atoms with Crippen molar-refractivity contribution < 1.29 is 9.47 Å². The molecular formula is C13H17NO2. The molecule has 2 rings (SSSR count). The van der Waals surface area contributed by atoms with Crippen LogP contribution in [0.2, 0.25) is 0 Å². The third-order valence-corrected chi connectivity index (χ3v) is 2.82. The lowest BCUT2D eigenvalue weighted by molar-refractivity contribution is 0.354. The molecule has 0 radical (unpaired) electrons. The van der Waals surface area contributed by atoms with Gasteiger partial charge in [0.25, 0.3) is 0 Å². The smallest absolute Gasteiger partial charge is 0.160 e. The number of aliphatic imine (C=N–C) groups is 1. The van der Waals surface area contributed by atoms with Crippen molar-refractivity contribution in [1.29, 1.82) is 0 Å². The van der Waals surface area contributed by atoms with Gasteiger partial charge in [-0.15, -0.1) is 0 Å². The highest BCUT2D eigenvalue weighted by atomic mass is 16.5. The predicted octanol–water partition coefficient (Wildman–Crippen LogP) is 2.48. The Bertz CT molecular complexity index is 399. The fourth-order valence-corrected chi connectivity index (χ4v) is 1.97. The Morgan fingerprint density at radius 1 is 1.19 bits per heavy atom. The second-order valence-electron chi connectivity index (χ2n) is 3.92. The summed E-state index contributed by atoms with van der Waals surface area (Å²) in [7, 11) is 3.31. The van der Waals surface area contributed by atoms with E-state index in [9.17, 15) is 0 Å². The summed E-state index contributed by atoms with van der Waals surface area (Å²) >= 11 is 0. The van der Waals surface area contributed by atoms with Gasteiger partial charge in [-0.2, -0.15) is 0 Å². The summed E-state index contributed by atoms with van der Waals surface area (Å²) in [6, 6.07) is 6.05. The number of rotatable bonds is 4. The molecule has 16 heavy (non-hydrogen) atoms. The molecular weight excluding hydrogens is 202 g/mol. The van der Waals surface area contributed by atoms with Crippen molar-refractivity contribution in [3.63, 3.8) is 0 Å². The van der Waals surface area contributed by atoms with Gasteiger partial charge >= 0.3 is 0 Å². The molecule has 0 spiro atoms. The number of methoxy groups -OCH3 is 2. The van der Waals surface area contributed by atoms with Crippen molar-refractivity contribution in [2.75, 3.05) is 20.8 Å². The van der Waals surface area contributed by atoms with E-state index in [2.05, 4.69) is 11.1 Å². The molecule has 0 amide bonds. The van der Waals surface area contributed by atoms with Crippen LogP contribution in [-0.4, -0.2) is 26.5 Å². The van der Waals surface area contributed by atoms with Crippen molar-refractivity contribution in [2.45, 2.75) is 19.3 Å². The van der Waals surface area contributed by atoms with Gasteiger partial charge in [0.2, 0.25) is 0 Å². The third-order valence-electron chi connectivity index (χ3n) is 2.82. The van der Waals surface area contributed by atoms with E-state index in [4.69, 9.17) is 9.47 Å². The minimum atomic E-state index is 0.777. The van der Waals surface area contributed by atoms with Gasteiger partial charge in [-0.3, -0.25) is 4.99 Å². The van der Waals surface area contributed by atoms with E-state index in [1.165, 1.54) is 17.7 Å². The van der Waals surface area contributed by atoms with E-state index in [1.807, 2.05) is 12.1 Å². The van der Waals surface area contributed by atoms with Crippen molar-refractivity contribution in [2.24, 2.45) is 4.99 Å². The van der Waals surface area contributed by atoms with Crippen LogP contribution in [0.4, 0.5) is 0 Å². The summed E-state index contributed by atoms with van der Waals surface area (Å²) in [6.45, 7) is 0.989. The maximum atomic E-state index is 5.28. The van der Waals surface area contributed by atoms with Gasteiger partial charge in [0.15, 0.2) is 11.5 Å². The van der Waals surface area contributed by atoms with Gasteiger partial charge in [0, 0.05) is 18.7 Å². The first-order chi connectivity index (χ1) is 7.83. The Hall–Kier alpha value is -1.51. The highest BCUT2D eigenvalue weighted by molar-refractivity contribution is 5.87. The summed E-state index contributed by atoms with van der Waals surface area (Å²) < 4.78 is 10.5. The standard InChI is InChI=1S/C13H17NO2/c1-15-12-6-5-10(9-13(12)16-2)8-11-4-3-7-14-11/h5-6,9H,3-4,7-8H2,1-2H3. The van der Waals surface area contributed by atoms with Gasteiger partial charge in [-0.05, 0) is 30.5 Å². The Morgan fingerprint density at radius 3 is 2.62 bits per heavy atom. The van der Waals surface area contributed by atoms with Gasteiger partial charge in [-0.25, -0.2) is 0 Å². The third kappa shape index (κ3) is 2.35. The molecule has 1 aromatic carbocycles. The number of hydrogen-bond donors (Lipinski definition) is 0. The van der Waals surface area contributed by atoms with E-state index in [0.29, 0.717) is 0 Å². The Labute approximate surface area is 96.1 Å². The van der Waals surface area contributed by atoms with E-state index >= 15 is 0 Å². The van der Waals surface area contributed by atoms with Gasteiger partial charge in [-0.1, -0.05) is 6.07 Å². The van der Waals surface area contributed by atoms with Gasteiger partial charge in [0.05, 0.1) is 14.2 Å². The number of nitrogens with zero attached hydrogens (tertiary/aromatic N) is 1. The minimum absolute atomic E-state index is 0.777. The first-order valence-electron chi connectivity index (χ1n) is 5.56. The molecule has 1 aliphatic rings. The minimum Gasteiger partial charge on any atom is -0.493 e. The lowest BCUT2D eigenvalue weighted by atomic mass is 10.1. The summed E-state index contributed by atoms with van der Waals surface area (Å²) in [5.74, 6) is 1.57. The second kappa shape index (κ2) is 5.01. The average Bonchev–Trinajstić information content (AvgIpc) is 2.81. The molecule has 1 heterocycles. The highest BCUT2D eigenvalue weighted by Crippen LogP contribution is 2.28. The molecule has 3 heteroatoms. The van der Waals surface area contributed by atoms with Crippen LogP contribution in [0, 0.1) is 0 Å². The molecule has 0 N–H and O–H groups in total. The zero-order valence-electron chi connectivity index (χ0n) is 9.82. The maximum Gasteiger partial charge on any atom is 0.160 e. The van der Waals surface area contributed by atoms with E-state index < -0.39 is 0 Å². The molecule has 1 aliphatic heterocycles. The Balaban J connectivity index is 2.15. The SMILES string of the molecule is COc1ccc(CC2=NCCC2)cc1OC. The highest BCUT2D eigenvalue weighted by Gasteiger charge is 2.09. The molecule has 0 aliphatic carbocycles. The molecule has 0 saturated heterocycles. The lowest BCUT2D eigenvalue weighted by Gasteiger charge is -2.09. The van der Waals surface area contributed by atoms with Crippen LogP contribution in [0.3, 0.4) is 0 Å². The van der Waals surface area contributed by atoms with Crippen LogP contribution >= 0.6 is 0 Å². The van der Waals surface area contributed by atoms with Crippen LogP contribution in [-0.2, 0) is 6.42 Å². The summed E-state index contributed by atoms with van der Waals surface area (Å²) in [5, 5.41) is 0. The first-order valence-corrected chi connectivity index (χ1v) is 5.56. The summed E-state index contributed by atoms with van der Waals surface area (Å²) in [4.78, 5) is 4.47. The molecule has 0 fully saturated rings. The maximum absolute atomic E-state index is 5.28. The fraction of sp³-hybridized carbons (Fsp3) is 0.462. The van der Waals surface area contributed by atoms with Crippen molar-refractivity contribution in [3.8, 4) is 11.5 Å². The van der Waals surface area contributed by atoms with Gasteiger partial charge < -0.3 is 9.47 Å². The molecule has 0 aromatic heterocycles. The quantitative estimate of drug-likeness (QED) is 0.779. The van der Waals surface area contributed by atoms with Crippen LogP contribution in [0.1, 0.15) is 18.4 Å². The molecule has 3 nitrogen and oxygen atoms in total. The van der Waals surface area contributed by atoms with Crippen LogP contribution < -0.4 is 9.47 Å². The predicted molar refractivity (Wildman–Crippen MR) is 64.8 cm³/mol. The number of benzene rings is 1. The lowest BCUT2D eigenvalue weighted by Crippen LogP contribution is -2.00. The Morgan fingerprint density at radius 2 is 2.00 bits per heavy atom. The second-order valence-corrected chi connectivity index (χ2v) is 3.92. The van der Waals surface area contributed by atoms with Crippen molar-refractivity contribution in [3.05, 3.63) is 23.8 Å². The molecule has 0 unspecified atom stereocenters. The Kier molecular flexibility index (Phi) is 3.44. The largest absolute Gasteiger partial charge is 0.493 e. The summed E-state index contributed by atoms with van der Waals surface area (Å²) in [5.41, 5.74) is 2.53. The van der Waals surface area contributed by atoms with Crippen molar-refractivity contribution in [1.82, 2.24) is 0 Å².